The van der Waals surface area contributed by atoms with Crippen molar-refractivity contribution in [1.29, 1.82) is 0 Å². The molecular formula is C16H28IN5O4S. The smallest absolute Gasteiger partial charge is 0.242 e. The maximum Gasteiger partial charge on any atom is 0.242 e. The Bertz CT molecular complexity index is 681. The van der Waals surface area contributed by atoms with Gasteiger partial charge in [0.15, 0.2) is 5.96 Å². The highest BCUT2D eigenvalue weighted by Crippen LogP contribution is 2.31. The van der Waals surface area contributed by atoms with Crippen molar-refractivity contribution in [3.8, 4) is 0 Å². The number of guanidine groups is 1. The van der Waals surface area contributed by atoms with Crippen molar-refractivity contribution >= 4 is 40.0 Å². The average Bonchev–Trinajstić information content (AvgIpc) is 3.11. The maximum absolute atomic E-state index is 12.1. The first-order valence-corrected chi connectivity index (χ1v) is 10.0. The van der Waals surface area contributed by atoms with Gasteiger partial charge in [0.2, 0.25) is 10.0 Å². The van der Waals surface area contributed by atoms with Crippen LogP contribution in [-0.4, -0.2) is 71.0 Å². The van der Waals surface area contributed by atoms with Gasteiger partial charge >= 0.3 is 0 Å². The normalized spacial score (nSPS) is 20.1. The van der Waals surface area contributed by atoms with Crippen molar-refractivity contribution in [2.45, 2.75) is 17.7 Å². The van der Waals surface area contributed by atoms with E-state index in [1.165, 1.54) is 18.5 Å². The lowest BCUT2D eigenvalue weighted by atomic mass is 9.84. The number of nitrogens with one attached hydrogen (secondary N) is 3. The number of sulfonamides is 1. The van der Waals surface area contributed by atoms with E-state index in [-0.39, 0.29) is 47.4 Å². The Labute approximate surface area is 177 Å². The number of hydrogen-bond donors (Lipinski definition) is 4. The number of halogens is 1. The van der Waals surface area contributed by atoms with Gasteiger partial charge in [0.05, 0.1) is 6.61 Å². The van der Waals surface area contributed by atoms with Gasteiger partial charge in [0.1, 0.15) is 4.90 Å². The first-order chi connectivity index (χ1) is 12.5. The molecule has 0 amide bonds. The molecule has 1 aliphatic rings. The number of rotatable bonds is 9. The fourth-order valence-corrected chi connectivity index (χ4v) is 3.75. The zero-order valence-electron chi connectivity index (χ0n) is 15.3. The summed E-state index contributed by atoms with van der Waals surface area (Å²) in [6.07, 6.45) is 4.39. The second-order valence-electron chi connectivity index (χ2n) is 6.22. The average molecular weight is 513 g/mol. The van der Waals surface area contributed by atoms with E-state index in [2.05, 4.69) is 25.3 Å². The topological polar surface area (TPSA) is 125 Å². The number of ether oxygens (including phenoxy) is 1. The molecule has 0 saturated carbocycles. The van der Waals surface area contributed by atoms with Gasteiger partial charge in [-0.3, -0.25) is 9.98 Å². The lowest BCUT2D eigenvalue weighted by Gasteiger charge is -2.27. The van der Waals surface area contributed by atoms with E-state index in [0.29, 0.717) is 38.7 Å². The molecule has 2 rings (SSSR count). The molecule has 1 aliphatic heterocycles. The van der Waals surface area contributed by atoms with Crippen molar-refractivity contribution in [3.05, 3.63) is 24.5 Å². The van der Waals surface area contributed by atoms with Gasteiger partial charge in [-0.05, 0) is 25.0 Å². The minimum Gasteiger partial charge on any atom is -0.396 e. The third kappa shape index (κ3) is 7.49. The number of aliphatic hydroxyl groups is 1. The molecule has 1 saturated heterocycles. The summed E-state index contributed by atoms with van der Waals surface area (Å²) in [5, 5.41) is 15.6. The van der Waals surface area contributed by atoms with Crippen LogP contribution >= 0.6 is 24.0 Å². The number of aliphatic hydroxyl groups excluding tert-OH is 1. The lowest BCUT2D eigenvalue weighted by molar-refractivity contribution is 0.127. The van der Waals surface area contributed by atoms with Crippen LogP contribution in [0.5, 0.6) is 0 Å². The van der Waals surface area contributed by atoms with Crippen LogP contribution in [0.3, 0.4) is 0 Å². The molecule has 2 heterocycles. The highest BCUT2D eigenvalue weighted by molar-refractivity contribution is 14.0. The molecule has 1 atom stereocenters. The van der Waals surface area contributed by atoms with Crippen LogP contribution in [0.1, 0.15) is 12.8 Å². The minimum absolute atomic E-state index is 0. The monoisotopic (exact) mass is 513 g/mol. The standard InChI is InChI=1S/C16H27N5O4S.HI/c1-17-15(20-12-16(4-9-22)5-10-25-13-16)19-7-8-21-26(23,24)14-3-2-6-18-11-14;/h2-3,6,11,21-22H,4-5,7-10,12-13H2,1H3,(H2,17,19,20);1H. The molecule has 0 spiro atoms. The summed E-state index contributed by atoms with van der Waals surface area (Å²) in [5.74, 6) is 0.579. The van der Waals surface area contributed by atoms with Crippen molar-refractivity contribution in [2.75, 3.05) is 46.5 Å². The van der Waals surface area contributed by atoms with E-state index in [1.54, 1.807) is 13.1 Å². The predicted octanol–water partition coefficient (Wildman–Crippen LogP) is -0.0680. The Balaban J connectivity index is 0.00000364. The molecule has 0 bridgehead atoms. The summed E-state index contributed by atoms with van der Waals surface area (Å²) in [6, 6.07) is 3.07. The number of nitrogens with zero attached hydrogens (tertiary/aromatic N) is 2. The van der Waals surface area contributed by atoms with Gasteiger partial charge in [-0.15, -0.1) is 24.0 Å². The number of aromatic nitrogens is 1. The van der Waals surface area contributed by atoms with Crippen LogP contribution in [0.15, 0.2) is 34.4 Å². The SMILES string of the molecule is CN=C(NCCNS(=O)(=O)c1cccnc1)NCC1(CCO)CCOC1.I. The molecule has 27 heavy (non-hydrogen) atoms. The molecule has 1 fully saturated rings. The number of pyridine rings is 1. The van der Waals surface area contributed by atoms with Crippen molar-refractivity contribution < 1.29 is 18.3 Å². The fourth-order valence-electron chi connectivity index (χ4n) is 2.76. The molecule has 1 aromatic rings. The summed E-state index contributed by atoms with van der Waals surface area (Å²) in [6.45, 7) is 2.65. The summed E-state index contributed by atoms with van der Waals surface area (Å²) < 4.78 is 32.2. The van der Waals surface area contributed by atoms with Crippen LogP contribution in [0.2, 0.25) is 0 Å². The summed E-state index contributed by atoms with van der Waals surface area (Å²) in [5.41, 5.74) is -0.0890. The Morgan fingerprint density at radius 3 is 2.81 bits per heavy atom. The molecule has 4 N–H and O–H groups in total. The molecule has 9 nitrogen and oxygen atoms in total. The fraction of sp³-hybridized carbons (Fsp3) is 0.625. The lowest BCUT2D eigenvalue weighted by Crippen LogP contribution is -2.46. The van der Waals surface area contributed by atoms with E-state index >= 15 is 0 Å². The first-order valence-electron chi connectivity index (χ1n) is 8.54. The van der Waals surface area contributed by atoms with Gasteiger partial charge in [-0.2, -0.15) is 0 Å². The molecular weight excluding hydrogens is 485 g/mol. The second-order valence-corrected chi connectivity index (χ2v) is 7.98. The van der Waals surface area contributed by atoms with Crippen LogP contribution in [0, 0.1) is 5.41 Å². The van der Waals surface area contributed by atoms with E-state index in [0.717, 1.165) is 6.42 Å². The van der Waals surface area contributed by atoms with E-state index in [4.69, 9.17) is 4.74 Å². The van der Waals surface area contributed by atoms with Crippen LogP contribution < -0.4 is 15.4 Å². The minimum atomic E-state index is -3.56. The number of aliphatic imine (C=N–C) groups is 1. The van der Waals surface area contributed by atoms with Gasteiger partial charge in [0.25, 0.3) is 0 Å². The molecule has 0 aliphatic carbocycles. The van der Waals surface area contributed by atoms with Gasteiger partial charge in [0, 0.05) is 57.7 Å². The maximum atomic E-state index is 12.1. The number of hydrogen-bond acceptors (Lipinski definition) is 6. The zero-order chi connectivity index (χ0) is 18.9. The van der Waals surface area contributed by atoms with E-state index < -0.39 is 10.0 Å². The Hall–Kier alpha value is -1.02. The van der Waals surface area contributed by atoms with Crippen molar-refractivity contribution in [2.24, 2.45) is 10.4 Å². The van der Waals surface area contributed by atoms with Crippen LogP contribution in [0.4, 0.5) is 0 Å². The third-order valence-electron chi connectivity index (χ3n) is 4.34. The van der Waals surface area contributed by atoms with Crippen molar-refractivity contribution in [1.82, 2.24) is 20.3 Å². The van der Waals surface area contributed by atoms with Gasteiger partial charge in [-0.25, -0.2) is 13.1 Å². The molecule has 11 heteroatoms. The third-order valence-corrected chi connectivity index (χ3v) is 5.78. The first kappa shape index (κ1) is 24.0. The van der Waals surface area contributed by atoms with Crippen molar-refractivity contribution in [3.63, 3.8) is 0 Å². The summed E-state index contributed by atoms with van der Waals surface area (Å²) >= 11 is 0. The molecule has 1 unspecified atom stereocenters. The van der Waals surface area contributed by atoms with Gasteiger partial charge in [-0.1, -0.05) is 0 Å². The Morgan fingerprint density at radius 2 is 2.22 bits per heavy atom. The highest BCUT2D eigenvalue weighted by Gasteiger charge is 2.34. The second kappa shape index (κ2) is 11.7. The Morgan fingerprint density at radius 1 is 1.41 bits per heavy atom. The largest absolute Gasteiger partial charge is 0.396 e. The zero-order valence-corrected chi connectivity index (χ0v) is 18.5. The molecule has 0 radical (unpaired) electrons. The summed E-state index contributed by atoms with van der Waals surface area (Å²) in [4.78, 5) is 8.08. The van der Waals surface area contributed by atoms with E-state index in [1.807, 2.05) is 0 Å². The highest BCUT2D eigenvalue weighted by atomic mass is 127. The molecule has 154 valence electrons. The quantitative estimate of drug-likeness (QED) is 0.158. The molecule has 0 aromatic carbocycles. The predicted molar refractivity (Wildman–Crippen MR) is 114 cm³/mol. The van der Waals surface area contributed by atoms with Gasteiger partial charge < -0.3 is 20.5 Å². The molecule has 1 aromatic heterocycles. The van der Waals surface area contributed by atoms with Crippen LogP contribution in [0.25, 0.3) is 0 Å². The van der Waals surface area contributed by atoms with E-state index in [9.17, 15) is 13.5 Å². The summed E-state index contributed by atoms with van der Waals surface area (Å²) in [7, 11) is -1.91. The Kier molecular flexibility index (Phi) is 10.4. The van der Waals surface area contributed by atoms with Crippen LogP contribution in [-0.2, 0) is 14.8 Å².